The van der Waals surface area contributed by atoms with Crippen LogP contribution < -0.4 is 0 Å². The van der Waals surface area contributed by atoms with Gasteiger partial charge < -0.3 is 4.74 Å². The van der Waals surface area contributed by atoms with Gasteiger partial charge in [0.1, 0.15) is 0 Å². The molecule has 0 unspecified atom stereocenters. The molecule has 2 nitrogen and oxygen atoms in total. The fraction of sp³-hybridized carbons (Fsp3) is 0.615. The van der Waals surface area contributed by atoms with Crippen LogP contribution in [0.2, 0.25) is 0 Å². The lowest BCUT2D eigenvalue weighted by molar-refractivity contribution is -0.134. The maximum absolute atomic E-state index is 11.2. The summed E-state index contributed by atoms with van der Waals surface area (Å²) >= 11 is 5.74. The molecule has 0 N–H and O–H groups in total. The summed E-state index contributed by atoms with van der Waals surface area (Å²) in [4.78, 5) is 11.2. The Labute approximate surface area is 103 Å². The Bertz CT molecular complexity index is 259. The lowest BCUT2D eigenvalue weighted by Crippen LogP contribution is -2.14. The van der Waals surface area contributed by atoms with Crippen LogP contribution in [0.5, 0.6) is 0 Å². The molecule has 0 radical (unpaired) electrons. The molecule has 0 aromatic rings. The van der Waals surface area contributed by atoms with Gasteiger partial charge in [0.15, 0.2) is 0 Å². The Morgan fingerprint density at radius 1 is 1.56 bits per heavy atom. The highest BCUT2D eigenvalue weighted by Gasteiger charge is 2.18. The summed E-state index contributed by atoms with van der Waals surface area (Å²) in [5.41, 5.74) is 1.03. The van der Waals surface area contributed by atoms with Gasteiger partial charge in [0.25, 0.3) is 0 Å². The number of rotatable bonds is 7. The second kappa shape index (κ2) is 8.40. The molecule has 0 saturated carbocycles. The van der Waals surface area contributed by atoms with E-state index >= 15 is 0 Å². The van der Waals surface area contributed by atoms with Crippen LogP contribution in [0.1, 0.15) is 26.7 Å². The Morgan fingerprint density at radius 2 is 2.19 bits per heavy atom. The highest BCUT2D eigenvalue weighted by Crippen LogP contribution is 2.27. The highest BCUT2D eigenvalue weighted by molar-refractivity contribution is 6.17. The molecule has 0 heterocycles. The number of alkyl halides is 1. The predicted molar refractivity (Wildman–Crippen MR) is 68.6 cm³/mol. The lowest BCUT2D eigenvalue weighted by Gasteiger charge is -2.23. The van der Waals surface area contributed by atoms with E-state index in [0.717, 1.165) is 18.4 Å². The summed E-state index contributed by atoms with van der Waals surface area (Å²) in [6.45, 7) is 7.85. The minimum Gasteiger partial charge on any atom is -0.466 e. The first kappa shape index (κ1) is 15.2. The third-order valence-corrected chi connectivity index (χ3v) is 3.02. The molecule has 0 aliphatic carbocycles. The summed E-state index contributed by atoms with van der Waals surface area (Å²) in [7, 11) is 1.39. The van der Waals surface area contributed by atoms with Crippen LogP contribution in [-0.4, -0.2) is 19.0 Å². The summed E-state index contributed by atoms with van der Waals surface area (Å²) < 4.78 is 4.62. The number of hydrogen-bond acceptors (Lipinski definition) is 2. The quantitative estimate of drug-likeness (QED) is 0.296. The normalized spacial score (nSPS) is 15.4. The minimum atomic E-state index is -0.301. The van der Waals surface area contributed by atoms with Gasteiger partial charge in [-0.25, -0.2) is 4.79 Å². The first-order valence-electron chi connectivity index (χ1n) is 5.49. The number of allylic oxidation sites excluding steroid dienone is 2. The van der Waals surface area contributed by atoms with Gasteiger partial charge in [-0.2, -0.15) is 0 Å². The molecular weight excluding hydrogens is 224 g/mol. The van der Waals surface area contributed by atoms with Crippen molar-refractivity contribution in [3.8, 4) is 0 Å². The van der Waals surface area contributed by atoms with Crippen LogP contribution in [-0.2, 0) is 9.53 Å². The van der Waals surface area contributed by atoms with E-state index < -0.39 is 0 Å². The van der Waals surface area contributed by atoms with Gasteiger partial charge >= 0.3 is 5.97 Å². The maximum Gasteiger partial charge on any atom is 0.330 e. The van der Waals surface area contributed by atoms with Crippen molar-refractivity contribution in [2.45, 2.75) is 26.7 Å². The second-order valence-corrected chi connectivity index (χ2v) is 4.38. The van der Waals surface area contributed by atoms with Crippen LogP contribution in [0.15, 0.2) is 24.3 Å². The molecule has 0 amide bonds. The molecule has 0 aromatic heterocycles. The Balaban J connectivity index is 4.68. The Hall–Kier alpha value is -0.760. The van der Waals surface area contributed by atoms with Crippen LogP contribution in [0.25, 0.3) is 0 Å². The summed E-state index contributed by atoms with van der Waals surface area (Å²) in [6, 6.07) is 0. The molecule has 0 spiro atoms. The Morgan fingerprint density at radius 3 is 2.62 bits per heavy atom. The van der Waals surface area contributed by atoms with Gasteiger partial charge in [0, 0.05) is 12.0 Å². The fourth-order valence-electron chi connectivity index (χ4n) is 1.77. The smallest absolute Gasteiger partial charge is 0.330 e. The van der Waals surface area contributed by atoms with Crippen molar-refractivity contribution in [1.29, 1.82) is 0 Å². The fourth-order valence-corrected chi connectivity index (χ4v) is 2.12. The maximum atomic E-state index is 11.2. The van der Waals surface area contributed by atoms with Crippen LogP contribution >= 0.6 is 11.6 Å². The molecular formula is C13H21ClO2. The monoisotopic (exact) mass is 244 g/mol. The summed E-state index contributed by atoms with van der Waals surface area (Å²) in [5.74, 6) is 1.09. The molecule has 3 heteroatoms. The van der Waals surface area contributed by atoms with E-state index in [-0.39, 0.29) is 5.97 Å². The average molecular weight is 245 g/mol. The van der Waals surface area contributed by atoms with Crippen molar-refractivity contribution in [1.82, 2.24) is 0 Å². The van der Waals surface area contributed by atoms with Gasteiger partial charge in [-0.3, -0.25) is 0 Å². The zero-order valence-electron chi connectivity index (χ0n) is 10.3. The van der Waals surface area contributed by atoms with Gasteiger partial charge in [-0.15, -0.1) is 18.2 Å². The van der Waals surface area contributed by atoms with Gasteiger partial charge in [0.2, 0.25) is 0 Å². The van der Waals surface area contributed by atoms with Crippen molar-refractivity contribution in [3.63, 3.8) is 0 Å². The number of carbonyl (C=O) groups excluding carboxylic acids is 1. The molecule has 92 valence electrons. The molecule has 16 heavy (non-hydrogen) atoms. The largest absolute Gasteiger partial charge is 0.466 e. The van der Waals surface area contributed by atoms with E-state index in [1.165, 1.54) is 7.11 Å². The zero-order chi connectivity index (χ0) is 12.6. The zero-order valence-corrected chi connectivity index (χ0v) is 11.1. The number of halogens is 1. The van der Waals surface area contributed by atoms with Crippen LogP contribution in [0.3, 0.4) is 0 Å². The van der Waals surface area contributed by atoms with Crippen molar-refractivity contribution >= 4 is 17.6 Å². The van der Waals surface area contributed by atoms with Crippen molar-refractivity contribution in [2.24, 2.45) is 11.8 Å². The van der Waals surface area contributed by atoms with E-state index in [4.69, 9.17) is 11.6 Å². The number of hydrogen-bond donors (Lipinski definition) is 0. The molecule has 0 aromatic carbocycles. The second-order valence-electron chi connectivity index (χ2n) is 4.00. The first-order valence-corrected chi connectivity index (χ1v) is 6.03. The third kappa shape index (κ3) is 5.36. The minimum absolute atomic E-state index is 0.301. The molecule has 2 atom stereocenters. The predicted octanol–water partition coefficient (Wildman–Crippen LogP) is 3.56. The van der Waals surface area contributed by atoms with E-state index in [2.05, 4.69) is 18.2 Å². The van der Waals surface area contributed by atoms with Gasteiger partial charge in [-0.1, -0.05) is 18.6 Å². The van der Waals surface area contributed by atoms with E-state index in [1.807, 2.05) is 13.0 Å². The first-order chi connectivity index (χ1) is 7.56. The van der Waals surface area contributed by atoms with E-state index in [1.54, 1.807) is 6.08 Å². The van der Waals surface area contributed by atoms with Crippen molar-refractivity contribution in [3.05, 3.63) is 24.3 Å². The molecule has 0 rings (SSSR count). The van der Waals surface area contributed by atoms with E-state index in [0.29, 0.717) is 17.7 Å². The van der Waals surface area contributed by atoms with Crippen molar-refractivity contribution < 1.29 is 9.53 Å². The van der Waals surface area contributed by atoms with Crippen LogP contribution in [0, 0.1) is 11.8 Å². The van der Waals surface area contributed by atoms with E-state index in [9.17, 15) is 4.79 Å². The molecule has 0 fully saturated rings. The number of carbonyl (C=O) groups is 1. The highest BCUT2D eigenvalue weighted by atomic mass is 35.5. The molecule has 0 bridgehead atoms. The number of esters is 1. The Kier molecular flexibility index (Phi) is 8.00. The van der Waals surface area contributed by atoms with Crippen molar-refractivity contribution in [2.75, 3.05) is 13.0 Å². The lowest BCUT2D eigenvalue weighted by atomic mass is 9.83. The van der Waals surface area contributed by atoms with Crippen LogP contribution in [0.4, 0.5) is 0 Å². The third-order valence-electron chi connectivity index (χ3n) is 2.80. The molecule has 0 aliphatic rings. The summed E-state index contributed by atoms with van der Waals surface area (Å²) in [5, 5.41) is 0. The standard InChI is InChI=1S/C13H21ClO2/c1-5-6-12(10(2)7-8-14)11(3)9-13(15)16-4/h5,9-10,12H,1,6-8H2,2-4H3/b11-9-/t10-,12+/m1/s1. The topological polar surface area (TPSA) is 26.3 Å². The summed E-state index contributed by atoms with van der Waals surface area (Å²) in [6.07, 6.45) is 5.23. The number of ether oxygens (including phenoxy) is 1. The molecule has 0 saturated heterocycles. The molecule has 0 aliphatic heterocycles. The number of methoxy groups -OCH3 is 1. The van der Waals surface area contributed by atoms with Gasteiger partial charge in [0.05, 0.1) is 7.11 Å². The van der Waals surface area contributed by atoms with Gasteiger partial charge in [-0.05, 0) is 31.6 Å². The average Bonchev–Trinajstić information content (AvgIpc) is 2.25. The SMILES string of the molecule is C=CC[C@H](/C(C)=C\C(=O)OC)[C@H](C)CCCl.